The van der Waals surface area contributed by atoms with Crippen LogP contribution < -0.4 is 5.43 Å². The molecule has 0 aliphatic carbocycles. The van der Waals surface area contributed by atoms with E-state index in [-0.39, 0.29) is 0 Å². The van der Waals surface area contributed by atoms with Crippen LogP contribution in [0.15, 0.2) is 35.4 Å². The summed E-state index contributed by atoms with van der Waals surface area (Å²) in [5.74, 6) is 0. The van der Waals surface area contributed by atoms with Crippen LogP contribution in [0.2, 0.25) is 0 Å². The number of benzene rings is 1. The summed E-state index contributed by atoms with van der Waals surface area (Å²) in [6.45, 7) is 6.22. The Morgan fingerprint density at radius 2 is 2.00 bits per heavy atom. The topological polar surface area (TPSA) is 55.6 Å². The van der Waals surface area contributed by atoms with Crippen LogP contribution >= 0.6 is 0 Å². The maximum absolute atomic E-state index is 11.0. The van der Waals surface area contributed by atoms with Gasteiger partial charge in [0.2, 0.25) is 0 Å². The second kappa shape index (κ2) is 6.93. The maximum Gasteiger partial charge on any atom is 0.427 e. The summed E-state index contributed by atoms with van der Waals surface area (Å²) in [5, 5.41) is 3.89. The van der Waals surface area contributed by atoms with E-state index in [0.29, 0.717) is 0 Å². The number of amides is 1. The first-order valence-corrected chi connectivity index (χ1v) is 7.22. The van der Waals surface area contributed by atoms with Gasteiger partial charge in [0, 0.05) is 22.6 Å². The lowest BCUT2D eigenvalue weighted by Crippen LogP contribution is -2.16. The van der Waals surface area contributed by atoms with Gasteiger partial charge < -0.3 is 9.30 Å². The fourth-order valence-corrected chi connectivity index (χ4v) is 2.40. The molecule has 116 valence electrons. The average molecular weight is 299 g/mol. The molecule has 0 bridgehead atoms. The Morgan fingerprint density at radius 3 is 2.59 bits per heavy atom. The maximum atomic E-state index is 11.0. The zero-order valence-corrected chi connectivity index (χ0v) is 13.4. The molecule has 0 fully saturated rings. The highest BCUT2D eigenvalue weighted by atomic mass is 16.5. The lowest BCUT2D eigenvalue weighted by atomic mass is 10.1. The van der Waals surface area contributed by atoms with Crippen LogP contribution in [0.25, 0.3) is 5.69 Å². The second-order valence-corrected chi connectivity index (χ2v) is 5.04. The number of nitrogens with zero attached hydrogens (tertiary/aromatic N) is 2. The number of hydrazone groups is 1. The molecule has 2 rings (SSSR count). The standard InChI is InChI=1S/C17H21N3O2/c1-5-14-6-8-16(9-7-14)20-12(2)10-15(13(20)3)11-18-19-17(21)22-4/h6-11H,5H2,1-4H3,(H,19,21)/b18-11-. The molecule has 1 aromatic carbocycles. The van der Waals surface area contributed by atoms with E-state index >= 15 is 0 Å². The number of aryl methyl sites for hydroxylation is 2. The van der Waals surface area contributed by atoms with Gasteiger partial charge in [-0.2, -0.15) is 5.10 Å². The molecule has 0 saturated carbocycles. The van der Waals surface area contributed by atoms with E-state index in [0.717, 1.165) is 29.1 Å². The number of carbonyl (C=O) groups excluding carboxylic acids is 1. The van der Waals surface area contributed by atoms with Crippen LogP contribution in [0, 0.1) is 13.8 Å². The molecular formula is C17H21N3O2. The Kier molecular flexibility index (Phi) is 4.99. The van der Waals surface area contributed by atoms with Gasteiger partial charge in [-0.25, -0.2) is 10.2 Å². The molecule has 1 aromatic heterocycles. The monoisotopic (exact) mass is 299 g/mol. The zero-order chi connectivity index (χ0) is 16.1. The van der Waals surface area contributed by atoms with Gasteiger partial charge in [-0.15, -0.1) is 0 Å². The summed E-state index contributed by atoms with van der Waals surface area (Å²) in [4.78, 5) is 11.0. The molecule has 22 heavy (non-hydrogen) atoms. The van der Waals surface area contributed by atoms with Crippen LogP contribution in [-0.4, -0.2) is 24.0 Å². The zero-order valence-electron chi connectivity index (χ0n) is 13.4. The van der Waals surface area contributed by atoms with Gasteiger partial charge >= 0.3 is 6.09 Å². The quantitative estimate of drug-likeness (QED) is 0.695. The van der Waals surface area contributed by atoms with Crippen molar-refractivity contribution in [1.82, 2.24) is 9.99 Å². The number of nitrogens with one attached hydrogen (secondary N) is 1. The Morgan fingerprint density at radius 1 is 1.32 bits per heavy atom. The number of carbonyl (C=O) groups is 1. The van der Waals surface area contributed by atoms with Gasteiger partial charge in [-0.05, 0) is 44.0 Å². The summed E-state index contributed by atoms with van der Waals surface area (Å²) >= 11 is 0. The largest absolute Gasteiger partial charge is 0.452 e. The van der Waals surface area contributed by atoms with E-state index in [1.807, 2.05) is 19.9 Å². The third-order valence-corrected chi connectivity index (χ3v) is 3.62. The molecule has 0 unspecified atom stereocenters. The third kappa shape index (κ3) is 3.36. The third-order valence-electron chi connectivity index (χ3n) is 3.62. The molecular weight excluding hydrogens is 278 g/mol. The molecule has 2 aromatic rings. The van der Waals surface area contributed by atoms with Crippen molar-refractivity contribution in [3.8, 4) is 5.69 Å². The van der Waals surface area contributed by atoms with Crippen LogP contribution in [0.4, 0.5) is 4.79 Å². The second-order valence-electron chi connectivity index (χ2n) is 5.04. The highest BCUT2D eigenvalue weighted by molar-refractivity contribution is 5.83. The van der Waals surface area contributed by atoms with Crippen molar-refractivity contribution < 1.29 is 9.53 Å². The Balaban J connectivity index is 2.28. The molecule has 0 radical (unpaired) electrons. The molecule has 1 amide bonds. The van der Waals surface area contributed by atoms with Crippen LogP contribution in [0.5, 0.6) is 0 Å². The molecule has 5 nitrogen and oxygen atoms in total. The van der Waals surface area contributed by atoms with Crippen LogP contribution in [0.1, 0.15) is 29.4 Å². The summed E-state index contributed by atoms with van der Waals surface area (Å²) in [6, 6.07) is 10.5. The molecule has 0 spiro atoms. The molecule has 0 aliphatic rings. The minimum Gasteiger partial charge on any atom is -0.452 e. The minimum atomic E-state index is -0.583. The van der Waals surface area contributed by atoms with E-state index in [4.69, 9.17) is 0 Å². The number of rotatable bonds is 4. The SMILES string of the molecule is CCc1ccc(-n2c(C)cc(/C=N\NC(=O)OC)c2C)cc1. The lowest BCUT2D eigenvalue weighted by molar-refractivity contribution is 0.171. The summed E-state index contributed by atoms with van der Waals surface area (Å²) in [7, 11) is 1.30. The van der Waals surface area contributed by atoms with Gasteiger partial charge in [0.1, 0.15) is 0 Å². The summed E-state index contributed by atoms with van der Waals surface area (Å²) in [5.41, 5.74) is 7.86. The van der Waals surface area contributed by atoms with E-state index in [9.17, 15) is 4.79 Å². The highest BCUT2D eigenvalue weighted by Gasteiger charge is 2.09. The molecule has 5 heteroatoms. The van der Waals surface area contributed by atoms with Crippen molar-refractivity contribution in [2.45, 2.75) is 27.2 Å². The first-order valence-electron chi connectivity index (χ1n) is 7.22. The molecule has 0 saturated heterocycles. The van der Waals surface area contributed by atoms with Gasteiger partial charge in [0.05, 0.1) is 13.3 Å². The number of aromatic nitrogens is 1. The van der Waals surface area contributed by atoms with Gasteiger partial charge in [0.25, 0.3) is 0 Å². The summed E-state index contributed by atoms with van der Waals surface area (Å²) in [6.07, 6.45) is 2.07. The van der Waals surface area contributed by atoms with Gasteiger partial charge in [-0.1, -0.05) is 19.1 Å². The first-order chi connectivity index (χ1) is 10.6. The number of hydrogen-bond donors (Lipinski definition) is 1. The normalized spacial score (nSPS) is 10.9. The Hall–Kier alpha value is -2.56. The van der Waals surface area contributed by atoms with Crippen molar-refractivity contribution in [2.75, 3.05) is 7.11 Å². The van der Waals surface area contributed by atoms with Crippen LogP contribution in [-0.2, 0) is 11.2 Å². The Labute approximate surface area is 130 Å². The first kappa shape index (κ1) is 15.8. The number of methoxy groups -OCH3 is 1. The van der Waals surface area contributed by atoms with Crippen molar-refractivity contribution in [3.63, 3.8) is 0 Å². The van der Waals surface area contributed by atoms with Crippen molar-refractivity contribution in [3.05, 3.63) is 52.8 Å². The fraction of sp³-hybridized carbons (Fsp3) is 0.294. The Bertz CT molecular complexity index is 685. The van der Waals surface area contributed by atoms with Crippen molar-refractivity contribution in [1.29, 1.82) is 0 Å². The molecule has 1 heterocycles. The molecule has 0 aliphatic heterocycles. The van der Waals surface area contributed by atoms with E-state index in [2.05, 4.69) is 51.0 Å². The predicted octanol–water partition coefficient (Wildman–Crippen LogP) is 3.35. The van der Waals surface area contributed by atoms with Gasteiger partial charge in [0.15, 0.2) is 0 Å². The number of ether oxygens (including phenoxy) is 1. The number of hydrogen-bond acceptors (Lipinski definition) is 3. The predicted molar refractivity (Wildman–Crippen MR) is 87.8 cm³/mol. The van der Waals surface area contributed by atoms with Crippen molar-refractivity contribution >= 4 is 12.3 Å². The molecule has 1 N–H and O–H groups in total. The summed E-state index contributed by atoms with van der Waals surface area (Å²) < 4.78 is 6.64. The highest BCUT2D eigenvalue weighted by Crippen LogP contribution is 2.20. The van der Waals surface area contributed by atoms with E-state index in [1.54, 1.807) is 6.21 Å². The lowest BCUT2D eigenvalue weighted by Gasteiger charge is -2.10. The van der Waals surface area contributed by atoms with E-state index in [1.165, 1.54) is 12.7 Å². The smallest absolute Gasteiger partial charge is 0.427 e. The fourth-order valence-electron chi connectivity index (χ4n) is 2.40. The van der Waals surface area contributed by atoms with Gasteiger partial charge in [-0.3, -0.25) is 0 Å². The molecule has 0 atom stereocenters. The minimum absolute atomic E-state index is 0.583. The van der Waals surface area contributed by atoms with Crippen LogP contribution in [0.3, 0.4) is 0 Å². The van der Waals surface area contributed by atoms with Crippen molar-refractivity contribution in [2.24, 2.45) is 5.10 Å². The van der Waals surface area contributed by atoms with E-state index < -0.39 is 6.09 Å². The average Bonchev–Trinajstić information content (AvgIpc) is 2.81.